The summed E-state index contributed by atoms with van der Waals surface area (Å²) in [4.78, 5) is 28.8. The van der Waals surface area contributed by atoms with Gasteiger partial charge < -0.3 is 24.3 Å². The van der Waals surface area contributed by atoms with E-state index in [0.717, 1.165) is 18.2 Å². The summed E-state index contributed by atoms with van der Waals surface area (Å²) < 4.78 is 96.1. The molecule has 0 fully saturated rings. The fourth-order valence-electron chi connectivity index (χ4n) is 3.12. The van der Waals surface area contributed by atoms with Crippen molar-refractivity contribution in [1.82, 2.24) is 4.98 Å². The molecule has 1 atom stereocenters. The molecule has 15 heteroatoms. The Morgan fingerprint density at radius 2 is 1.51 bits per heavy atom. The number of nitrogens with zero attached hydrogens (tertiary/aromatic N) is 1. The Morgan fingerprint density at radius 1 is 0.902 bits per heavy atom. The predicted molar refractivity (Wildman–Crippen MR) is 133 cm³/mol. The first-order valence-electron chi connectivity index (χ1n) is 11.6. The lowest BCUT2D eigenvalue weighted by molar-refractivity contribution is -0.274. The van der Waals surface area contributed by atoms with E-state index >= 15 is 0 Å². The molecule has 8 nitrogen and oxygen atoms in total. The Labute approximate surface area is 234 Å². The van der Waals surface area contributed by atoms with E-state index in [0.29, 0.717) is 12.3 Å². The van der Waals surface area contributed by atoms with Crippen LogP contribution in [-0.4, -0.2) is 35.4 Å². The number of esters is 1. The summed E-state index contributed by atoms with van der Waals surface area (Å²) in [5.74, 6) is -2.37. The number of ether oxygens (including phenoxy) is 4. The highest BCUT2D eigenvalue weighted by Crippen LogP contribution is 2.35. The lowest BCUT2D eigenvalue weighted by atomic mass is 10.1. The molecule has 0 aliphatic heterocycles. The van der Waals surface area contributed by atoms with Crippen molar-refractivity contribution in [2.75, 3.05) is 5.32 Å². The van der Waals surface area contributed by atoms with Crippen LogP contribution >= 0.6 is 11.6 Å². The second kappa shape index (κ2) is 12.5. The van der Waals surface area contributed by atoms with Gasteiger partial charge in [0, 0.05) is 6.20 Å². The maximum atomic E-state index is 12.8. The van der Waals surface area contributed by atoms with Crippen molar-refractivity contribution < 1.29 is 54.9 Å². The summed E-state index contributed by atoms with van der Waals surface area (Å²) in [5.41, 5.74) is -1.56. The quantitative estimate of drug-likeness (QED) is 0.200. The number of aromatic nitrogens is 1. The minimum absolute atomic E-state index is 0.143. The molecule has 1 amide bonds. The van der Waals surface area contributed by atoms with Crippen LogP contribution in [0.15, 0.2) is 54.7 Å². The van der Waals surface area contributed by atoms with Gasteiger partial charge in [0.2, 0.25) is 5.88 Å². The molecule has 3 rings (SSSR count). The molecular weight excluding hydrogens is 586 g/mol. The summed E-state index contributed by atoms with van der Waals surface area (Å²) in [7, 11) is 0. The molecule has 1 heterocycles. The fraction of sp³-hybridized carbons (Fsp3) is 0.269. The van der Waals surface area contributed by atoms with Gasteiger partial charge in [-0.2, -0.15) is 13.2 Å². The molecule has 0 spiro atoms. The van der Waals surface area contributed by atoms with Gasteiger partial charge in [-0.05, 0) is 69.3 Å². The van der Waals surface area contributed by atoms with E-state index in [1.807, 2.05) is 0 Å². The topological polar surface area (TPSA) is 96.0 Å². The molecule has 1 N–H and O–H groups in total. The predicted octanol–water partition coefficient (Wildman–Crippen LogP) is 7.42. The van der Waals surface area contributed by atoms with Crippen molar-refractivity contribution in [3.05, 3.63) is 70.9 Å². The zero-order valence-corrected chi connectivity index (χ0v) is 22.1. The second-order valence-electron chi connectivity index (χ2n) is 8.54. The monoisotopic (exact) mass is 606 g/mol. The number of benzene rings is 2. The molecule has 0 aliphatic rings. The summed E-state index contributed by atoms with van der Waals surface area (Å²) in [6, 6.07) is 8.98. The van der Waals surface area contributed by atoms with Crippen molar-refractivity contribution in [2.45, 2.75) is 45.5 Å². The summed E-state index contributed by atoms with van der Waals surface area (Å²) in [6.07, 6.45) is -10.8. The van der Waals surface area contributed by atoms with E-state index in [-0.39, 0.29) is 33.7 Å². The SMILES string of the molecule is CC(C)OC(=O)c1cc(OC(F)(F)F)ccc1NC(=O)C(C)Oc1ccc(Oc2ncc(C(F)(F)F)cc2Cl)cc1. The molecule has 0 aliphatic carbocycles. The highest BCUT2D eigenvalue weighted by atomic mass is 35.5. The Balaban J connectivity index is 1.68. The van der Waals surface area contributed by atoms with Crippen LogP contribution in [0.5, 0.6) is 23.1 Å². The van der Waals surface area contributed by atoms with Crippen molar-refractivity contribution in [3.63, 3.8) is 0 Å². The molecule has 0 bridgehead atoms. The average Bonchev–Trinajstić information content (AvgIpc) is 2.85. The number of alkyl halides is 6. The van der Waals surface area contributed by atoms with E-state index in [1.54, 1.807) is 0 Å². The standard InChI is InChI=1S/C26H21ClF6N2O6/c1-13(2)38-24(37)19-11-18(41-26(31,32)33)8-9-21(19)35-22(36)14(3)39-16-4-6-17(7-5-16)40-23-20(27)10-15(12-34-23)25(28,29)30/h4-14H,1-3H3,(H,35,36). The van der Waals surface area contributed by atoms with Crippen molar-refractivity contribution in [2.24, 2.45) is 0 Å². The fourth-order valence-corrected chi connectivity index (χ4v) is 3.33. The zero-order valence-electron chi connectivity index (χ0n) is 21.4. The highest BCUT2D eigenvalue weighted by molar-refractivity contribution is 6.31. The third-order valence-corrected chi connectivity index (χ3v) is 5.17. The molecule has 2 aromatic carbocycles. The maximum Gasteiger partial charge on any atom is 0.573 e. The van der Waals surface area contributed by atoms with Gasteiger partial charge in [-0.25, -0.2) is 9.78 Å². The Kier molecular flexibility index (Phi) is 9.58. The van der Waals surface area contributed by atoms with Gasteiger partial charge in [-0.1, -0.05) is 11.6 Å². The van der Waals surface area contributed by atoms with Crippen molar-refractivity contribution in [3.8, 4) is 23.1 Å². The minimum atomic E-state index is -5.01. The molecule has 0 saturated carbocycles. The van der Waals surface area contributed by atoms with Crippen molar-refractivity contribution >= 4 is 29.2 Å². The van der Waals surface area contributed by atoms with Crippen LogP contribution in [0.3, 0.4) is 0 Å². The van der Waals surface area contributed by atoms with Gasteiger partial charge in [-0.15, -0.1) is 13.2 Å². The first kappa shape index (κ1) is 31.3. The van der Waals surface area contributed by atoms with Crippen LogP contribution in [0.25, 0.3) is 0 Å². The third-order valence-electron chi connectivity index (χ3n) is 4.90. The van der Waals surface area contributed by atoms with Crippen LogP contribution < -0.4 is 19.5 Å². The largest absolute Gasteiger partial charge is 0.573 e. The molecule has 41 heavy (non-hydrogen) atoms. The first-order valence-corrected chi connectivity index (χ1v) is 12.0. The van der Waals surface area contributed by atoms with Crippen LogP contribution in [0.4, 0.5) is 32.0 Å². The molecule has 0 radical (unpaired) electrons. The number of anilines is 1. The Hall–Kier alpha value is -4.20. The number of carbonyl (C=O) groups is 2. The number of hydrogen-bond donors (Lipinski definition) is 1. The van der Waals surface area contributed by atoms with E-state index in [4.69, 9.17) is 25.8 Å². The number of hydrogen-bond acceptors (Lipinski definition) is 7. The molecule has 0 saturated heterocycles. The lowest BCUT2D eigenvalue weighted by Gasteiger charge is -2.18. The number of pyridine rings is 1. The molecule has 1 aromatic heterocycles. The van der Waals surface area contributed by atoms with Crippen LogP contribution in [0, 0.1) is 0 Å². The highest BCUT2D eigenvalue weighted by Gasteiger charge is 2.33. The minimum Gasteiger partial charge on any atom is -0.481 e. The van der Waals surface area contributed by atoms with Gasteiger partial charge in [0.05, 0.1) is 22.9 Å². The van der Waals surface area contributed by atoms with Gasteiger partial charge in [-0.3, -0.25) is 4.79 Å². The van der Waals surface area contributed by atoms with Crippen LogP contribution in [0.1, 0.15) is 36.7 Å². The van der Waals surface area contributed by atoms with Gasteiger partial charge in [0.1, 0.15) is 22.3 Å². The van der Waals surface area contributed by atoms with Crippen LogP contribution in [0.2, 0.25) is 5.02 Å². The average molecular weight is 607 g/mol. The molecule has 3 aromatic rings. The first-order chi connectivity index (χ1) is 19.0. The Morgan fingerprint density at radius 3 is 2.07 bits per heavy atom. The van der Waals surface area contributed by atoms with Gasteiger partial charge >= 0.3 is 18.5 Å². The van der Waals surface area contributed by atoms with Crippen LogP contribution in [-0.2, 0) is 15.7 Å². The summed E-state index contributed by atoms with van der Waals surface area (Å²) in [6.45, 7) is 4.44. The number of halogens is 7. The number of amides is 1. The number of rotatable bonds is 9. The maximum absolute atomic E-state index is 12.8. The third kappa shape index (κ3) is 9.17. The van der Waals surface area contributed by atoms with E-state index in [1.165, 1.54) is 45.0 Å². The summed E-state index contributed by atoms with van der Waals surface area (Å²) in [5, 5.41) is 2.05. The molecule has 1 unspecified atom stereocenters. The molecular formula is C26H21ClF6N2O6. The number of nitrogens with one attached hydrogen (secondary N) is 1. The normalized spacial score (nSPS) is 12.5. The smallest absolute Gasteiger partial charge is 0.481 e. The van der Waals surface area contributed by atoms with Gasteiger partial charge in [0.15, 0.2) is 6.10 Å². The van der Waals surface area contributed by atoms with E-state index < -0.39 is 47.9 Å². The van der Waals surface area contributed by atoms with E-state index in [2.05, 4.69) is 15.0 Å². The van der Waals surface area contributed by atoms with Crippen molar-refractivity contribution in [1.29, 1.82) is 0 Å². The Bertz CT molecular complexity index is 1400. The van der Waals surface area contributed by atoms with E-state index in [9.17, 15) is 35.9 Å². The zero-order chi connectivity index (χ0) is 30.5. The lowest BCUT2D eigenvalue weighted by Crippen LogP contribution is -2.31. The summed E-state index contributed by atoms with van der Waals surface area (Å²) >= 11 is 5.84. The second-order valence-corrected chi connectivity index (χ2v) is 8.95. The number of carbonyl (C=O) groups excluding carboxylic acids is 2. The molecule has 220 valence electrons. The van der Waals surface area contributed by atoms with Gasteiger partial charge in [0.25, 0.3) is 5.91 Å².